The van der Waals surface area contributed by atoms with Crippen LogP contribution in [0.1, 0.15) is 15.4 Å². The molecule has 0 radical (unpaired) electrons. The molecule has 0 spiro atoms. The van der Waals surface area contributed by atoms with Gasteiger partial charge in [0.1, 0.15) is 5.75 Å². The van der Waals surface area contributed by atoms with Gasteiger partial charge in [0.25, 0.3) is 0 Å². The van der Waals surface area contributed by atoms with Crippen molar-refractivity contribution in [2.45, 2.75) is 20.0 Å². The molecule has 18 heavy (non-hydrogen) atoms. The van der Waals surface area contributed by atoms with Crippen LogP contribution in [0.3, 0.4) is 0 Å². The zero-order valence-electron chi connectivity index (χ0n) is 10.6. The molecule has 2 aromatic rings. The number of thiazole rings is 1. The normalized spacial score (nSPS) is 10.6. The van der Waals surface area contributed by atoms with E-state index in [0.717, 1.165) is 35.1 Å². The minimum Gasteiger partial charge on any atom is -0.497 e. The Morgan fingerprint density at radius 2 is 2.22 bits per heavy atom. The predicted molar refractivity (Wildman–Crippen MR) is 74.8 cm³/mol. The van der Waals surface area contributed by atoms with Gasteiger partial charge in [0.2, 0.25) is 0 Å². The van der Waals surface area contributed by atoms with Gasteiger partial charge in [-0.3, -0.25) is 0 Å². The second-order valence-electron chi connectivity index (χ2n) is 4.01. The summed E-state index contributed by atoms with van der Waals surface area (Å²) >= 11 is 1.71. The molecule has 96 valence electrons. The Bertz CT molecular complexity index is 525. The van der Waals surface area contributed by atoms with Crippen molar-refractivity contribution in [1.82, 2.24) is 10.3 Å². The predicted octanol–water partition coefficient (Wildman–Crippen LogP) is 2.33. The van der Waals surface area contributed by atoms with Gasteiger partial charge in [0.15, 0.2) is 0 Å². The molecule has 0 aliphatic rings. The Kier molecular flexibility index (Phi) is 4.17. The van der Waals surface area contributed by atoms with Crippen LogP contribution < -0.4 is 15.8 Å². The molecule has 0 saturated carbocycles. The highest BCUT2D eigenvalue weighted by Gasteiger charge is 2.02. The zero-order valence-corrected chi connectivity index (χ0v) is 11.4. The maximum atomic E-state index is 5.95. The number of nitrogens with one attached hydrogen (secondary N) is 1. The van der Waals surface area contributed by atoms with Gasteiger partial charge in [-0.05, 0) is 18.6 Å². The molecule has 1 aromatic carbocycles. The van der Waals surface area contributed by atoms with Crippen LogP contribution in [0.25, 0.3) is 0 Å². The van der Waals surface area contributed by atoms with E-state index >= 15 is 0 Å². The first-order valence-corrected chi connectivity index (χ1v) is 6.55. The Morgan fingerprint density at radius 1 is 1.39 bits per heavy atom. The number of ether oxygens (including phenoxy) is 1. The van der Waals surface area contributed by atoms with E-state index in [1.165, 1.54) is 4.88 Å². The summed E-state index contributed by atoms with van der Waals surface area (Å²) in [6.45, 7) is 3.57. The van der Waals surface area contributed by atoms with E-state index in [2.05, 4.69) is 10.3 Å². The first-order valence-electron chi connectivity index (χ1n) is 5.73. The number of aromatic nitrogens is 1. The molecule has 5 heteroatoms. The lowest BCUT2D eigenvalue weighted by Crippen LogP contribution is -2.13. The fourth-order valence-electron chi connectivity index (χ4n) is 1.67. The van der Waals surface area contributed by atoms with Crippen molar-refractivity contribution in [3.8, 4) is 5.75 Å². The Hall–Kier alpha value is -1.59. The van der Waals surface area contributed by atoms with Gasteiger partial charge in [-0.25, -0.2) is 4.98 Å². The minimum atomic E-state index is 0.743. The Balaban J connectivity index is 1.90. The second kappa shape index (κ2) is 5.84. The summed E-state index contributed by atoms with van der Waals surface area (Å²) in [6.07, 6.45) is 1.91. The average molecular weight is 263 g/mol. The lowest BCUT2D eigenvalue weighted by atomic mass is 10.1. The number of nitrogens with two attached hydrogens (primary N) is 1. The van der Waals surface area contributed by atoms with Crippen molar-refractivity contribution < 1.29 is 4.74 Å². The largest absolute Gasteiger partial charge is 0.497 e. The molecule has 0 aliphatic carbocycles. The number of anilines is 1. The third-order valence-electron chi connectivity index (χ3n) is 2.64. The number of nitrogens with zero attached hydrogens (tertiary/aromatic N) is 1. The third kappa shape index (κ3) is 3.21. The number of aryl methyl sites for hydroxylation is 1. The van der Waals surface area contributed by atoms with Gasteiger partial charge in [-0.1, -0.05) is 6.07 Å². The number of nitrogen functional groups attached to an aromatic ring is 1. The number of methoxy groups -OCH3 is 1. The zero-order chi connectivity index (χ0) is 13.0. The smallest absolute Gasteiger partial charge is 0.120 e. The highest BCUT2D eigenvalue weighted by Crippen LogP contribution is 2.19. The molecular weight excluding hydrogens is 246 g/mol. The van der Waals surface area contributed by atoms with Crippen molar-refractivity contribution in [3.05, 3.63) is 39.8 Å². The van der Waals surface area contributed by atoms with E-state index in [9.17, 15) is 0 Å². The number of hydrogen-bond donors (Lipinski definition) is 2. The summed E-state index contributed by atoms with van der Waals surface area (Å²) < 4.78 is 5.12. The fourth-order valence-corrected chi connectivity index (χ4v) is 2.43. The second-order valence-corrected chi connectivity index (χ2v) is 5.33. The van der Waals surface area contributed by atoms with Gasteiger partial charge in [-0.2, -0.15) is 0 Å². The van der Waals surface area contributed by atoms with Crippen LogP contribution in [0.4, 0.5) is 5.69 Å². The van der Waals surface area contributed by atoms with Crippen LogP contribution in [0.5, 0.6) is 5.75 Å². The van der Waals surface area contributed by atoms with E-state index in [-0.39, 0.29) is 0 Å². The van der Waals surface area contributed by atoms with E-state index in [0.29, 0.717) is 0 Å². The van der Waals surface area contributed by atoms with Crippen LogP contribution in [0, 0.1) is 6.92 Å². The molecule has 0 aliphatic heterocycles. The first-order chi connectivity index (χ1) is 8.69. The topological polar surface area (TPSA) is 60.2 Å². The van der Waals surface area contributed by atoms with E-state index in [4.69, 9.17) is 10.5 Å². The summed E-state index contributed by atoms with van der Waals surface area (Å²) in [5.41, 5.74) is 7.78. The summed E-state index contributed by atoms with van der Waals surface area (Å²) in [6, 6.07) is 5.75. The van der Waals surface area contributed by atoms with Crippen molar-refractivity contribution in [2.24, 2.45) is 0 Å². The Morgan fingerprint density at radius 3 is 2.83 bits per heavy atom. The molecule has 0 bridgehead atoms. The lowest BCUT2D eigenvalue weighted by Gasteiger charge is -2.08. The van der Waals surface area contributed by atoms with Crippen LogP contribution in [-0.2, 0) is 13.1 Å². The van der Waals surface area contributed by atoms with Gasteiger partial charge in [0, 0.05) is 35.9 Å². The molecular formula is C13H17N3OS. The van der Waals surface area contributed by atoms with Gasteiger partial charge in [-0.15, -0.1) is 11.3 Å². The summed E-state index contributed by atoms with van der Waals surface area (Å²) in [5, 5.41) is 4.45. The lowest BCUT2D eigenvalue weighted by molar-refractivity contribution is 0.415. The molecule has 0 fully saturated rings. The number of hydrogen-bond acceptors (Lipinski definition) is 5. The maximum absolute atomic E-state index is 5.95. The fraction of sp³-hybridized carbons (Fsp3) is 0.308. The van der Waals surface area contributed by atoms with E-state index < -0.39 is 0 Å². The molecule has 0 saturated heterocycles. The van der Waals surface area contributed by atoms with E-state index in [1.54, 1.807) is 18.4 Å². The average Bonchev–Trinajstić information content (AvgIpc) is 2.77. The standard InChI is InChI=1S/C13H17N3OS/c1-9-16-8-12(18-9)7-15-6-10-3-4-11(17-2)5-13(10)14/h3-5,8,15H,6-7,14H2,1-2H3. The minimum absolute atomic E-state index is 0.743. The van der Waals surface area contributed by atoms with Crippen LogP contribution in [0.2, 0.25) is 0 Å². The maximum Gasteiger partial charge on any atom is 0.120 e. The van der Waals surface area contributed by atoms with Gasteiger partial charge in [0.05, 0.1) is 12.1 Å². The first kappa shape index (κ1) is 12.9. The van der Waals surface area contributed by atoms with E-state index in [1.807, 2.05) is 31.3 Å². The monoisotopic (exact) mass is 263 g/mol. The molecule has 0 unspecified atom stereocenters. The molecule has 3 N–H and O–H groups in total. The third-order valence-corrected chi connectivity index (χ3v) is 3.55. The molecule has 0 amide bonds. The summed E-state index contributed by atoms with van der Waals surface area (Å²) in [7, 11) is 1.64. The summed E-state index contributed by atoms with van der Waals surface area (Å²) in [5.74, 6) is 0.786. The molecule has 1 heterocycles. The van der Waals surface area contributed by atoms with Crippen LogP contribution in [0.15, 0.2) is 24.4 Å². The number of rotatable bonds is 5. The highest BCUT2D eigenvalue weighted by molar-refractivity contribution is 7.11. The summed E-state index contributed by atoms with van der Waals surface area (Å²) in [4.78, 5) is 5.46. The van der Waals surface area contributed by atoms with Crippen molar-refractivity contribution >= 4 is 17.0 Å². The van der Waals surface area contributed by atoms with Crippen LogP contribution >= 0.6 is 11.3 Å². The molecule has 1 aromatic heterocycles. The number of benzene rings is 1. The van der Waals surface area contributed by atoms with Crippen molar-refractivity contribution in [2.75, 3.05) is 12.8 Å². The molecule has 4 nitrogen and oxygen atoms in total. The Labute approximate surface area is 111 Å². The molecule has 2 rings (SSSR count). The van der Waals surface area contributed by atoms with Crippen molar-refractivity contribution in [1.29, 1.82) is 0 Å². The van der Waals surface area contributed by atoms with Gasteiger partial charge < -0.3 is 15.8 Å². The quantitative estimate of drug-likeness (QED) is 0.813. The molecule has 0 atom stereocenters. The van der Waals surface area contributed by atoms with Crippen LogP contribution in [-0.4, -0.2) is 12.1 Å². The van der Waals surface area contributed by atoms with Gasteiger partial charge >= 0.3 is 0 Å². The SMILES string of the molecule is COc1ccc(CNCc2cnc(C)s2)c(N)c1. The highest BCUT2D eigenvalue weighted by atomic mass is 32.1. The van der Waals surface area contributed by atoms with Crippen molar-refractivity contribution in [3.63, 3.8) is 0 Å².